The summed E-state index contributed by atoms with van der Waals surface area (Å²) in [5.41, 5.74) is 1.68. The maximum atomic E-state index is 11.3. The molecule has 62 heavy (non-hydrogen) atoms. The molecule has 0 aromatic rings. The molecule has 362 valence electrons. The molecule has 0 atom stereocenters. The topological polar surface area (TPSA) is 304 Å². The second kappa shape index (κ2) is 48.8. The van der Waals surface area contributed by atoms with E-state index >= 15 is 0 Å². The van der Waals surface area contributed by atoms with Crippen molar-refractivity contribution in [3.63, 3.8) is 0 Å². The van der Waals surface area contributed by atoms with E-state index in [9.17, 15) is 33.6 Å². The Labute approximate surface area is 375 Å². The third-order valence-electron chi connectivity index (χ3n) is 5.88. The van der Waals surface area contributed by atoms with Gasteiger partial charge in [-0.25, -0.2) is 0 Å². The minimum atomic E-state index is -0.729. The minimum Gasteiger partial charge on any atom is -0.437 e. The lowest BCUT2D eigenvalue weighted by atomic mass is 9.89. The van der Waals surface area contributed by atoms with Crippen LogP contribution in [0.2, 0.25) is 20.5 Å². The first-order valence-corrected chi connectivity index (χ1v) is 17.8. The summed E-state index contributed by atoms with van der Waals surface area (Å²) in [7, 11) is 1.99. The molecule has 0 rings (SSSR count). The van der Waals surface area contributed by atoms with Crippen molar-refractivity contribution in [2.24, 2.45) is 0 Å². The lowest BCUT2D eigenvalue weighted by Gasteiger charge is -2.09. The van der Waals surface area contributed by atoms with Gasteiger partial charge >= 0.3 is 21.2 Å². The Morgan fingerprint density at radius 2 is 0.742 bits per heavy atom. The summed E-state index contributed by atoms with van der Waals surface area (Å²) >= 11 is 0. The summed E-state index contributed by atoms with van der Waals surface area (Å²) in [6, 6.07) is 0. The normalized spacial score (nSPS) is 8.66. The Kier molecular flexibility index (Phi) is 61.2. The van der Waals surface area contributed by atoms with Gasteiger partial charge in [0.25, 0.3) is 0 Å². The monoisotopic (exact) mass is 890 g/mol. The molecule has 0 aromatic heterocycles. The van der Waals surface area contributed by atoms with Crippen molar-refractivity contribution in [3.8, 4) is 0 Å². The number of likely N-dealkylation sites (N-methyl/N-ethyl adjacent to an activating group) is 1. The van der Waals surface area contributed by atoms with Gasteiger partial charge in [-0.3, -0.25) is 33.6 Å². The molecular formula is C38H86B3N11O10. The van der Waals surface area contributed by atoms with Crippen LogP contribution in [0.1, 0.15) is 64.8 Å². The van der Waals surface area contributed by atoms with Gasteiger partial charge in [-0.1, -0.05) is 63.4 Å². The predicted octanol–water partition coefficient (Wildman–Crippen LogP) is -1.18. The molecule has 0 unspecified atom stereocenters. The number of carbonyl (C=O) groups excluding carboxylic acids is 7. The summed E-state index contributed by atoms with van der Waals surface area (Å²) in [6.45, 7) is 27.2. The summed E-state index contributed by atoms with van der Waals surface area (Å²) in [4.78, 5) is 79.5. The highest BCUT2D eigenvalue weighted by Crippen LogP contribution is 1.86. The number of nitrogens with one attached hydrogen (secondary N) is 10. The van der Waals surface area contributed by atoms with E-state index in [4.69, 9.17) is 15.1 Å². The minimum absolute atomic E-state index is 0. The van der Waals surface area contributed by atoms with Crippen LogP contribution in [0.4, 0.5) is 0 Å². The molecule has 24 heteroatoms. The van der Waals surface area contributed by atoms with Gasteiger partial charge in [0.05, 0.1) is 33.0 Å². The van der Waals surface area contributed by atoms with Gasteiger partial charge in [0, 0.05) is 48.5 Å². The molecule has 0 aromatic carbocycles. The van der Waals surface area contributed by atoms with Crippen molar-refractivity contribution in [3.05, 3.63) is 48.6 Å². The van der Waals surface area contributed by atoms with E-state index < -0.39 is 38.9 Å². The first-order chi connectivity index (χ1) is 26.3. The third kappa shape index (κ3) is 61.8. The summed E-state index contributed by atoms with van der Waals surface area (Å²) in [6.07, 6.45) is 0. The van der Waals surface area contributed by atoms with Crippen molar-refractivity contribution < 1.29 is 48.6 Å². The number of nitrogens with zero attached hydrogens (tertiary/aromatic N) is 1. The fourth-order valence-electron chi connectivity index (χ4n) is 2.74. The van der Waals surface area contributed by atoms with Crippen LogP contribution in [-0.4, -0.2) is 156 Å². The van der Waals surface area contributed by atoms with Crippen molar-refractivity contribution in [2.45, 2.75) is 85.3 Å². The smallest absolute Gasteiger partial charge is 0.375 e. The highest BCUT2D eigenvalue weighted by molar-refractivity contribution is 6.46. The van der Waals surface area contributed by atoms with Crippen LogP contribution in [0, 0.1) is 0 Å². The molecular weight excluding hydrogens is 803 g/mol. The number of carbonyl (C=O) groups is 7. The molecule has 0 saturated carbocycles. The van der Waals surface area contributed by atoms with Gasteiger partial charge in [-0.2, -0.15) is 0 Å². The number of amides is 7. The molecule has 21 nitrogen and oxygen atoms in total. The first-order valence-electron chi connectivity index (χ1n) is 17.8. The molecule has 0 aliphatic carbocycles. The fourth-order valence-corrected chi connectivity index (χ4v) is 2.74. The first kappa shape index (κ1) is 77.7. The lowest BCUT2D eigenvalue weighted by molar-refractivity contribution is -0.126. The summed E-state index contributed by atoms with van der Waals surface area (Å²) < 4.78 is 0. The van der Waals surface area contributed by atoms with E-state index in [0.717, 1.165) is 6.54 Å². The second-order valence-corrected chi connectivity index (χ2v) is 12.5. The number of hydrogen-bond acceptors (Lipinski definition) is 14. The Hall–Kier alpha value is -4.84. The van der Waals surface area contributed by atoms with Crippen LogP contribution in [0.3, 0.4) is 0 Å². The molecule has 0 aliphatic rings. The fraction of sp³-hybridized carbons (Fsp3) is 0.605. The average molecular weight is 890 g/mol. The molecule has 0 spiro atoms. The van der Waals surface area contributed by atoms with Gasteiger partial charge in [0.2, 0.25) is 41.4 Å². The Morgan fingerprint density at radius 1 is 0.435 bits per heavy atom. The standard InChI is InChI=1S/C10H19BN4O4.C9H18BN3O3.C8H16N2O.C6H13BN2O2.5CH4/c1-7(2)10(18)13-5-8(16)12-4-9(17)14-6-15-11(3)19;1-7(2)9(15)12-6-8(14)11-4-5-13-10(3)16;1-7(2)8(11)9-5-6-10(3)4;1-5(2)6(10)8-4-9-7(3)11;;;;;/h15,19H,1,4-6H2,2-3H3,(H,12,16)(H,13,18)(H,14,17);13,16H,1,4-6H2,2-3H3,(H,11,14)(H,12,15);1,5-6H2,2-4H3,(H,9,11);9,11H,1,4H2,2-3H3,(H,8,10);5*1H4. The lowest BCUT2D eigenvalue weighted by Crippen LogP contribution is -2.46. The second-order valence-electron chi connectivity index (χ2n) is 12.5. The molecule has 0 fully saturated rings. The van der Waals surface area contributed by atoms with Gasteiger partial charge in [0.15, 0.2) is 0 Å². The molecule has 0 heterocycles. The zero-order valence-corrected chi connectivity index (χ0v) is 35.1. The van der Waals surface area contributed by atoms with Gasteiger partial charge in [-0.15, -0.1) is 0 Å². The highest BCUT2D eigenvalue weighted by atomic mass is 16.2. The maximum Gasteiger partial charge on any atom is 0.375 e. The zero-order valence-electron chi connectivity index (χ0n) is 35.1. The predicted molar refractivity (Wildman–Crippen MR) is 258 cm³/mol. The van der Waals surface area contributed by atoms with Crippen LogP contribution in [0.25, 0.3) is 0 Å². The highest BCUT2D eigenvalue weighted by Gasteiger charge is 2.09. The molecule has 0 radical (unpaired) electrons. The quantitative estimate of drug-likeness (QED) is 0.0249. The van der Waals surface area contributed by atoms with Gasteiger partial charge < -0.3 is 72.9 Å². The zero-order chi connectivity index (χ0) is 45.1. The van der Waals surface area contributed by atoms with E-state index in [-0.39, 0.29) is 93.7 Å². The third-order valence-corrected chi connectivity index (χ3v) is 5.88. The van der Waals surface area contributed by atoms with Crippen molar-refractivity contribution in [1.82, 2.24) is 57.8 Å². The SMILES string of the molecule is C.C.C.C.C.C=C(C)C(=O)NCC(=O)NCC(=O)NCNB(C)O.C=C(C)C(=O)NCC(=O)NCCNB(C)O.C=C(C)C(=O)NCCN(C)C.C=C(C)C(=O)NCNB(C)O. The van der Waals surface area contributed by atoms with E-state index in [0.29, 0.717) is 41.9 Å². The van der Waals surface area contributed by atoms with Crippen LogP contribution >= 0.6 is 0 Å². The van der Waals surface area contributed by atoms with Crippen molar-refractivity contribution in [1.29, 1.82) is 0 Å². The van der Waals surface area contributed by atoms with E-state index in [1.807, 2.05) is 19.0 Å². The van der Waals surface area contributed by atoms with Crippen molar-refractivity contribution in [2.75, 3.05) is 73.2 Å². The Morgan fingerprint density at radius 3 is 1.10 bits per heavy atom. The largest absolute Gasteiger partial charge is 0.437 e. The van der Waals surface area contributed by atoms with Crippen molar-refractivity contribution >= 4 is 62.5 Å². The van der Waals surface area contributed by atoms with Crippen LogP contribution in [0.15, 0.2) is 48.6 Å². The number of rotatable bonds is 23. The van der Waals surface area contributed by atoms with Gasteiger partial charge in [-0.05, 0) is 62.3 Å². The molecule has 7 amide bonds. The maximum absolute atomic E-state index is 11.3. The van der Waals surface area contributed by atoms with Crippen LogP contribution in [0.5, 0.6) is 0 Å². The summed E-state index contributed by atoms with van der Waals surface area (Å²) in [5, 5.41) is 51.7. The van der Waals surface area contributed by atoms with Gasteiger partial charge in [0.1, 0.15) is 0 Å². The Balaban J connectivity index is -0.0000000861. The number of hydrogen-bond donors (Lipinski definition) is 13. The molecule has 0 aliphatic heterocycles. The Bertz CT molecular complexity index is 1290. The van der Waals surface area contributed by atoms with Crippen LogP contribution in [-0.2, 0) is 33.6 Å². The molecule has 0 bridgehead atoms. The van der Waals surface area contributed by atoms with E-state index in [2.05, 4.69) is 79.2 Å². The van der Waals surface area contributed by atoms with E-state index in [1.54, 1.807) is 34.4 Å². The van der Waals surface area contributed by atoms with E-state index in [1.165, 1.54) is 13.7 Å². The average Bonchev–Trinajstić information content (AvgIpc) is 3.10. The van der Waals surface area contributed by atoms with Crippen LogP contribution < -0.4 is 52.9 Å². The summed E-state index contributed by atoms with van der Waals surface area (Å²) in [5.74, 6) is -2.19. The molecule has 0 saturated heterocycles. The molecule has 13 N–H and O–H groups in total.